The monoisotopic (exact) mass is 340 g/mol. The van der Waals surface area contributed by atoms with E-state index < -0.39 is 74.5 Å². The van der Waals surface area contributed by atoms with Crippen LogP contribution in [-0.4, -0.2) is 105 Å². The second-order valence-corrected chi connectivity index (χ2v) is 5.70. The van der Waals surface area contributed by atoms with Gasteiger partial charge in [0.15, 0.2) is 12.6 Å². The molecule has 0 amide bonds. The Morgan fingerprint density at radius 1 is 0.783 bits per heavy atom. The summed E-state index contributed by atoms with van der Waals surface area (Å²) >= 11 is 0. The fourth-order valence-corrected chi connectivity index (χ4v) is 2.65. The Labute approximate surface area is 132 Å². The predicted molar refractivity (Wildman–Crippen MR) is 72.6 cm³/mol. The topological polar surface area (TPSA) is 201 Å². The van der Waals surface area contributed by atoms with E-state index in [4.69, 9.17) is 30.8 Å². The third-order valence-electron chi connectivity index (χ3n) is 4.14. The zero-order valence-corrected chi connectivity index (χ0v) is 12.3. The lowest BCUT2D eigenvalue weighted by atomic mass is 9.95. The number of hydrogen-bond donors (Lipinski definition) is 8. The zero-order valence-electron chi connectivity index (χ0n) is 12.3. The number of aliphatic hydroxyl groups excluding tert-OH is 6. The van der Waals surface area contributed by atoms with E-state index in [1.807, 2.05) is 0 Å². The van der Waals surface area contributed by atoms with Crippen LogP contribution < -0.4 is 11.5 Å². The van der Waals surface area contributed by atoms with Gasteiger partial charge >= 0.3 is 0 Å². The maximum atomic E-state index is 10.1. The minimum atomic E-state index is -1.49. The number of ether oxygens (including phenoxy) is 3. The Kier molecular flexibility index (Phi) is 6.27. The van der Waals surface area contributed by atoms with Crippen molar-refractivity contribution in [2.75, 3.05) is 13.2 Å². The fraction of sp³-hybridized carbons (Fsp3) is 1.00. The van der Waals surface area contributed by atoms with Crippen molar-refractivity contribution in [1.82, 2.24) is 0 Å². The molecule has 5 unspecified atom stereocenters. The average molecular weight is 340 g/mol. The Balaban J connectivity index is 2.11. The van der Waals surface area contributed by atoms with Crippen LogP contribution in [0, 0.1) is 0 Å². The second-order valence-electron chi connectivity index (χ2n) is 5.70. The lowest BCUT2D eigenvalue weighted by Crippen LogP contribution is -2.67. The highest BCUT2D eigenvalue weighted by Gasteiger charge is 2.49. The number of rotatable bonds is 4. The second kappa shape index (κ2) is 7.63. The largest absolute Gasteiger partial charge is 0.394 e. The first kappa shape index (κ1) is 18.9. The van der Waals surface area contributed by atoms with Crippen LogP contribution in [0.15, 0.2) is 0 Å². The minimum Gasteiger partial charge on any atom is -0.394 e. The molecule has 0 aromatic rings. The summed E-state index contributed by atoms with van der Waals surface area (Å²) in [5.74, 6) is 0. The molecule has 2 aliphatic rings. The fourth-order valence-electron chi connectivity index (χ4n) is 2.65. The molecule has 0 radical (unpaired) electrons. The van der Waals surface area contributed by atoms with E-state index in [2.05, 4.69) is 0 Å². The van der Waals surface area contributed by atoms with Crippen molar-refractivity contribution >= 4 is 0 Å². The molecule has 11 heteroatoms. The molecule has 11 nitrogen and oxygen atoms in total. The van der Waals surface area contributed by atoms with Crippen LogP contribution in [0.4, 0.5) is 0 Å². The normalized spacial score (nSPS) is 51.7. The summed E-state index contributed by atoms with van der Waals surface area (Å²) in [4.78, 5) is 0. The van der Waals surface area contributed by atoms with E-state index in [-0.39, 0.29) is 0 Å². The number of hydrogen-bond acceptors (Lipinski definition) is 11. The summed E-state index contributed by atoms with van der Waals surface area (Å²) in [5.41, 5.74) is 11.3. The van der Waals surface area contributed by atoms with Gasteiger partial charge in [-0.3, -0.25) is 0 Å². The third-order valence-corrected chi connectivity index (χ3v) is 4.14. The first-order valence-corrected chi connectivity index (χ1v) is 7.23. The summed E-state index contributed by atoms with van der Waals surface area (Å²) in [6.45, 7) is -1.17. The Morgan fingerprint density at radius 3 is 1.96 bits per heavy atom. The van der Waals surface area contributed by atoms with Crippen LogP contribution in [0.25, 0.3) is 0 Å². The van der Waals surface area contributed by atoms with E-state index in [1.54, 1.807) is 0 Å². The molecule has 2 fully saturated rings. The van der Waals surface area contributed by atoms with E-state index in [1.165, 1.54) is 0 Å². The highest BCUT2D eigenvalue weighted by Crippen LogP contribution is 2.27. The van der Waals surface area contributed by atoms with Gasteiger partial charge in [0.05, 0.1) is 25.3 Å². The molecule has 0 spiro atoms. The van der Waals surface area contributed by atoms with E-state index in [9.17, 15) is 25.5 Å². The van der Waals surface area contributed by atoms with Crippen LogP contribution in [0.3, 0.4) is 0 Å². The zero-order chi connectivity index (χ0) is 17.3. The molecule has 0 aromatic carbocycles. The molecule has 2 rings (SSSR count). The maximum Gasteiger partial charge on any atom is 0.176 e. The van der Waals surface area contributed by atoms with Crippen molar-refractivity contribution in [1.29, 1.82) is 0 Å². The van der Waals surface area contributed by atoms with Crippen LogP contribution in [0.1, 0.15) is 0 Å². The van der Waals surface area contributed by atoms with Gasteiger partial charge in [-0.15, -0.1) is 0 Å². The molecule has 2 aliphatic heterocycles. The lowest BCUT2D eigenvalue weighted by Gasteiger charge is -2.45. The lowest BCUT2D eigenvalue weighted by molar-refractivity contribution is -0.324. The average Bonchev–Trinajstić information content (AvgIpc) is 2.55. The SMILES string of the molecule is N[C@H]1C(O)[C@H](OC2OC(CO)C(O)[C@H](O)[C@H]2N)C(CO)O[C@@H]1O. The summed E-state index contributed by atoms with van der Waals surface area (Å²) < 4.78 is 15.8. The maximum absolute atomic E-state index is 10.1. The smallest absolute Gasteiger partial charge is 0.176 e. The standard InChI is InChI=1S/C12H24N2O9/c13-5-9(19)10(4(2-16)21-11(5)20)23-12-6(14)8(18)7(17)3(1-15)22-12/h3-12,15-20H,1-2,13-14H2/t3?,4?,5-,6+,7?,8+,9?,10+,11-,12?/m0/s1. The molecule has 0 aliphatic carbocycles. The van der Waals surface area contributed by atoms with Gasteiger partial charge in [0.25, 0.3) is 0 Å². The highest BCUT2D eigenvalue weighted by molar-refractivity contribution is 4.95. The van der Waals surface area contributed by atoms with E-state index in [0.29, 0.717) is 0 Å². The van der Waals surface area contributed by atoms with Gasteiger partial charge < -0.3 is 56.3 Å². The molecule has 0 saturated carbocycles. The Hall–Kier alpha value is -0.440. The van der Waals surface area contributed by atoms with Gasteiger partial charge in [0.1, 0.15) is 36.6 Å². The van der Waals surface area contributed by atoms with Gasteiger partial charge in [-0.25, -0.2) is 0 Å². The summed E-state index contributed by atoms with van der Waals surface area (Å²) in [6, 6.07) is -2.37. The van der Waals surface area contributed by atoms with Crippen molar-refractivity contribution in [3.8, 4) is 0 Å². The van der Waals surface area contributed by atoms with Gasteiger partial charge in [-0.1, -0.05) is 0 Å². The molecule has 2 heterocycles. The number of aliphatic hydroxyl groups is 6. The van der Waals surface area contributed by atoms with Gasteiger partial charge in [0.2, 0.25) is 0 Å². The minimum absolute atomic E-state index is 0.581. The van der Waals surface area contributed by atoms with Crippen molar-refractivity contribution in [2.24, 2.45) is 11.5 Å². The van der Waals surface area contributed by atoms with Crippen molar-refractivity contribution in [2.45, 2.75) is 61.3 Å². The van der Waals surface area contributed by atoms with Crippen LogP contribution in [0.2, 0.25) is 0 Å². The van der Waals surface area contributed by atoms with Crippen LogP contribution in [0.5, 0.6) is 0 Å². The number of nitrogens with two attached hydrogens (primary N) is 2. The molecule has 0 bridgehead atoms. The molecule has 10 atom stereocenters. The summed E-state index contributed by atoms with van der Waals surface area (Å²) in [6.07, 6.45) is -10.5. The quantitative estimate of drug-likeness (QED) is 0.242. The first-order chi connectivity index (χ1) is 10.8. The summed E-state index contributed by atoms with van der Waals surface area (Å²) in [7, 11) is 0. The van der Waals surface area contributed by atoms with Gasteiger partial charge in [-0.05, 0) is 0 Å². The van der Waals surface area contributed by atoms with E-state index >= 15 is 0 Å². The molecule has 0 aromatic heterocycles. The van der Waals surface area contributed by atoms with Crippen molar-refractivity contribution < 1.29 is 44.8 Å². The summed E-state index contributed by atoms with van der Waals surface area (Å²) in [5, 5.41) is 57.7. The van der Waals surface area contributed by atoms with Crippen molar-refractivity contribution in [3.63, 3.8) is 0 Å². The first-order valence-electron chi connectivity index (χ1n) is 7.23. The predicted octanol–water partition coefficient (Wildman–Crippen LogP) is -5.46. The Bertz CT molecular complexity index is 386. The van der Waals surface area contributed by atoms with Crippen LogP contribution >= 0.6 is 0 Å². The molecular weight excluding hydrogens is 316 g/mol. The van der Waals surface area contributed by atoms with Gasteiger partial charge in [-0.2, -0.15) is 0 Å². The van der Waals surface area contributed by atoms with Crippen molar-refractivity contribution in [3.05, 3.63) is 0 Å². The molecule has 2 saturated heterocycles. The molecule has 136 valence electrons. The molecular formula is C12H24N2O9. The third kappa shape index (κ3) is 3.65. The highest BCUT2D eigenvalue weighted by atomic mass is 16.7. The van der Waals surface area contributed by atoms with E-state index in [0.717, 1.165) is 0 Å². The molecule has 10 N–H and O–H groups in total. The van der Waals surface area contributed by atoms with Gasteiger partial charge in [0, 0.05) is 0 Å². The Morgan fingerprint density at radius 2 is 1.39 bits per heavy atom. The molecule has 23 heavy (non-hydrogen) atoms. The van der Waals surface area contributed by atoms with Crippen LogP contribution in [-0.2, 0) is 14.2 Å².